The summed E-state index contributed by atoms with van der Waals surface area (Å²) in [5.41, 5.74) is -2.05. The lowest BCUT2D eigenvalue weighted by molar-refractivity contribution is -0.00565. The van der Waals surface area contributed by atoms with Gasteiger partial charge in [0.25, 0.3) is 0 Å². The molecule has 8 nitrogen and oxygen atoms in total. The largest absolute Gasteiger partial charge is 0.372 e. The van der Waals surface area contributed by atoms with Crippen LogP contribution in [0.1, 0.15) is 40.5 Å². The minimum Gasteiger partial charge on any atom is -0.372 e. The van der Waals surface area contributed by atoms with Crippen molar-refractivity contribution in [1.29, 1.82) is 0 Å². The van der Waals surface area contributed by atoms with Crippen LogP contribution in [0.4, 0.5) is 33.7 Å². The molecule has 0 bridgehead atoms. The second-order valence-electron chi connectivity index (χ2n) is 9.04. The van der Waals surface area contributed by atoms with Crippen molar-refractivity contribution in [3.8, 4) is 0 Å². The third-order valence-electron chi connectivity index (χ3n) is 5.94. The van der Waals surface area contributed by atoms with Crippen LogP contribution in [0.2, 0.25) is 0 Å². The third-order valence-corrected chi connectivity index (χ3v) is 7.84. The van der Waals surface area contributed by atoms with Gasteiger partial charge < -0.3 is 19.9 Å². The summed E-state index contributed by atoms with van der Waals surface area (Å²) in [4.78, 5) is 14.9. The van der Waals surface area contributed by atoms with E-state index >= 15 is 0 Å². The van der Waals surface area contributed by atoms with Gasteiger partial charge in [0, 0.05) is 32.2 Å². The van der Waals surface area contributed by atoms with E-state index in [2.05, 4.69) is 4.72 Å². The predicted octanol–water partition coefficient (Wildman–Crippen LogP) is 3.18. The minimum absolute atomic E-state index is 0.0400. The molecule has 1 aromatic rings. The summed E-state index contributed by atoms with van der Waals surface area (Å²) in [5.74, 6) is -6.60. The van der Waals surface area contributed by atoms with E-state index in [0.717, 1.165) is 0 Å². The molecular formula is C21H30F4N4O4S. The number of rotatable bonds is 5. The van der Waals surface area contributed by atoms with Gasteiger partial charge in [-0.1, -0.05) is 0 Å². The molecule has 34 heavy (non-hydrogen) atoms. The average molecular weight is 511 g/mol. The molecule has 0 radical (unpaired) electrons. The Labute approximate surface area is 196 Å². The number of ether oxygens (including phenoxy) is 1. The molecule has 2 heterocycles. The van der Waals surface area contributed by atoms with E-state index in [1.165, 1.54) is 23.6 Å². The molecule has 2 atom stereocenters. The number of carbonyl (C=O) groups is 1. The Kier molecular flexibility index (Phi) is 7.98. The molecular weight excluding hydrogens is 480 g/mol. The number of benzene rings is 1. The summed E-state index contributed by atoms with van der Waals surface area (Å²) in [7, 11) is -3.49. The van der Waals surface area contributed by atoms with Crippen LogP contribution in [0.15, 0.2) is 0 Å². The third kappa shape index (κ3) is 5.57. The van der Waals surface area contributed by atoms with Gasteiger partial charge in [0.05, 0.1) is 17.5 Å². The molecule has 0 saturated carbocycles. The lowest BCUT2D eigenvalue weighted by Gasteiger charge is -2.37. The standard InChI is InChI=1S/C21H30F4N4O4S/c1-11(2)34(31,32)27-14-5-7-28(8-6-14)21(30)26-19-15(22)17(24)20(18(25)16(19)23)29-9-12(3)33-13(4)10-29/h11-14,27H,5-10H2,1-4H3,(H,26,30). The van der Waals surface area contributed by atoms with E-state index in [1.807, 2.05) is 5.32 Å². The number of hydrogen-bond donors (Lipinski definition) is 2. The van der Waals surface area contributed by atoms with Crippen LogP contribution in [0.5, 0.6) is 0 Å². The van der Waals surface area contributed by atoms with Gasteiger partial charge in [0.15, 0.2) is 23.3 Å². The molecule has 0 aromatic heterocycles. The second-order valence-corrected chi connectivity index (χ2v) is 11.3. The molecule has 2 amide bonds. The highest BCUT2D eigenvalue weighted by molar-refractivity contribution is 7.90. The van der Waals surface area contributed by atoms with Gasteiger partial charge in [-0.2, -0.15) is 0 Å². The zero-order chi connectivity index (χ0) is 25.4. The van der Waals surface area contributed by atoms with Crippen LogP contribution in [0.25, 0.3) is 0 Å². The molecule has 3 rings (SSSR count). The van der Waals surface area contributed by atoms with Crippen molar-refractivity contribution >= 4 is 27.4 Å². The quantitative estimate of drug-likeness (QED) is 0.469. The number of urea groups is 1. The number of carbonyl (C=O) groups excluding carboxylic acids is 1. The zero-order valence-corrected chi connectivity index (χ0v) is 20.3. The molecule has 2 aliphatic heterocycles. The molecule has 13 heteroatoms. The smallest absolute Gasteiger partial charge is 0.322 e. The molecule has 2 saturated heterocycles. The molecule has 2 N–H and O–H groups in total. The fourth-order valence-electron chi connectivity index (χ4n) is 4.12. The van der Waals surface area contributed by atoms with Crippen LogP contribution in [-0.4, -0.2) is 69.0 Å². The number of nitrogens with one attached hydrogen (secondary N) is 2. The summed E-state index contributed by atoms with van der Waals surface area (Å²) < 4.78 is 91.2. The highest BCUT2D eigenvalue weighted by Crippen LogP contribution is 2.35. The monoisotopic (exact) mass is 510 g/mol. The molecule has 0 aliphatic carbocycles. The number of sulfonamides is 1. The molecule has 0 spiro atoms. The van der Waals surface area contributed by atoms with Crippen LogP contribution in [0, 0.1) is 23.3 Å². The molecule has 192 valence electrons. The predicted molar refractivity (Wildman–Crippen MR) is 119 cm³/mol. The van der Waals surface area contributed by atoms with Gasteiger partial charge in [-0.25, -0.2) is 35.5 Å². The van der Waals surface area contributed by atoms with E-state index in [-0.39, 0.29) is 39.0 Å². The maximum absolute atomic E-state index is 14.8. The lowest BCUT2D eigenvalue weighted by atomic mass is 10.1. The first-order valence-corrected chi connectivity index (χ1v) is 12.7. The Hall–Kier alpha value is -2.12. The van der Waals surface area contributed by atoms with Gasteiger partial charge in [0.1, 0.15) is 11.4 Å². The summed E-state index contributed by atoms with van der Waals surface area (Å²) >= 11 is 0. The van der Waals surface area contributed by atoms with E-state index in [4.69, 9.17) is 4.74 Å². The van der Waals surface area contributed by atoms with Crippen molar-refractivity contribution in [2.24, 2.45) is 0 Å². The molecule has 2 fully saturated rings. The van der Waals surface area contributed by atoms with Gasteiger partial charge in [-0.05, 0) is 40.5 Å². The first-order chi connectivity index (χ1) is 15.8. The Morgan fingerprint density at radius 2 is 1.47 bits per heavy atom. The molecule has 2 aliphatic rings. The maximum atomic E-state index is 14.8. The van der Waals surface area contributed by atoms with E-state index < -0.39 is 74.2 Å². The first kappa shape index (κ1) is 26.5. The maximum Gasteiger partial charge on any atom is 0.322 e. The van der Waals surface area contributed by atoms with Crippen molar-refractivity contribution in [1.82, 2.24) is 9.62 Å². The number of morpholine rings is 1. The van der Waals surface area contributed by atoms with Gasteiger partial charge in [-0.3, -0.25) is 0 Å². The summed E-state index contributed by atoms with van der Waals surface area (Å²) in [6, 6.07) is -1.33. The number of halogens is 4. The van der Waals surface area contributed by atoms with E-state index in [1.54, 1.807) is 13.8 Å². The average Bonchev–Trinajstić information content (AvgIpc) is 2.75. The highest BCUT2D eigenvalue weighted by Gasteiger charge is 2.34. The Bertz CT molecular complexity index is 993. The van der Waals surface area contributed by atoms with Crippen molar-refractivity contribution in [2.75, 3.05) is 36.4 Å². The number of hydrogen-bond acceptors (Lipinski definition) is 5. The SMILES string of the molecule is CC1CN(c2c(F)c(F)c(NC(=O)N3CCC(NS(=O)(=O)C(C)C)CC3)c(F)c2F)CC(C)O1. The van der Waals surface area contributed by atoms with Gasteiger partial charge in [0.2, 0.25) is 10.0 Å². The van der Waals surface area contributed by atoms with Crippen LogP contribution < -0.4 is 14.9 Å². The second kappa shape index (κ2) is 10.2. The molecule has 2 unspecified atom stereocenters. The Morgan fingerprint density at radius 1 is 0.971 bits per heavy atom. The van der Waals surface area contributed by atoms with Crippen LogP contribution in [0.3, 0.4) is 0 Å². The van der Waals surface area contributed by atoms with Crippen molar-refractivity contribution in [3.63, 3.8) is 0 Å². The summed E-state index contributed by atoms with van der Waals surface area (Å²) in [6.45, 7) is 6.69. The fourth-order valence-corrected chi connectivity index (χ4v) is 5.10. The Balaban J connectivity index is 1.72. The normalized spacial score (nSPS) is 22.4. The summed E-state index contributed by atoms with van der Waals surface area (Å²) in [5, 5.41) is 1.32. The van der Waals surface area contributed by atoms with Crippen molar-refractivity contribution < 1.29 is 35.5 Å². The number of anilines is 2. The number of nitrogens with zero attached hydrogens (tertiary/aromatic N) is 2. The highest BCUT2D eigenvalue weighted by atomic mass is 32.2. The zero-order valence-electron chi connectivity index (χ0n) is 19.5. The van der Waals surface area contributed by atoms with Gasteiger partial charge >= 0.3 is 6.03 Å². The first-order valence-electron chi connectivity index (χ1n) is 11.1. The van der Waals surface area contributed by atoms with E-state index in [9.17, 15) is 30.8 Å². The molecule has 1 aromatic carbocycles. The number of likely N-dealkylation sites (tertiary alicyclic amines) is 1. The van der Waals surface area contributed by atoms with Crippen LogP contribution >= 0.6 is 0 Å². The number of piperidine rings is 1. The van der Waals surface area contributed by atoms with Crippen molar-refractivity contribution in [2.45, 2.75) is 64.0 Å². The topological polar surface area (TPSA) is 91.0 Å². The Morgan fingerprint density at radius 3 is 1.94 bits per heavy atom. The lowest BCUT2D eigenvalue weighted by Crippen LogP contribution is -2.49. The van der Waals surface area contributed by atoms with Gasteiger partial charge in [-0.15, -0.1) is 0 Å². The number of amides is 2. The van der Waals surface area contributed by atoms with Crippen molar-refractivity contribution in [3.05, 3.63) is 23.3 Å². The minimum atomic E-state index is -3.49. The summed E-state index contributed by atoms with van der Waals surface area (Å²) in [6.07, 6.45) is -0.249. The fraction of sp³-hybridized carbons (Fsp3) is 0.667. The van der Waals surface area contributed by atoms with E-state index in [0.29, 0.717) is 0 Å². The van der Waals surface area contributed by atoms with Crippen LogP contribution in [-0.2, 0) is 14.8 Å².